The molecule has 2 aliphatic rings. The first-order chi connectivity index (χ1) is 10.2. The van der Waals surface area contributed by atoms with Gasteiger partial charge in [0.2, 0.25) is 5.91 Å². The van der Waals surface area contributed by atoms with Crippen molar-refractivity contribution < 1.29 is 14.3 Å². The van der Waals surface area contributed by atoms with Crippen molar-refractivity contribution in [2.45, 2.75) is 32.6 Å². The van der Waals surface area contributed by atoms with Crippen molar-refractivity contribution in [3.63, 3.8) is 0 Å². The maximum absolute atomic E-state index is 12.5. The number of fused-ring (bicyclic) bond motifs is 2. The van der Waals surface area contributed by atoms with Crippen LogP contribution in [0, 0.1) is 17.8 Å². The molecule has 1 aromatic rings. The molecule has 4 nitrogen and oxygen atoms in total. The summed E-state index contributed by atoms with van der Waals surface area (Å²) in [5, 5.41) is 2.94. The average Bonchev–Trinajstić information content (AvgIpc) is 3.10. The number of amides is 1. The van der Waals surface area contributed by atoms with Crippen LogP contribution in [0.4, 0.5) is 5.69 Å². The number of esters is 1. The minimum atomic E-state index is -0.388. The van der Waals surface area contributed by atoms with Gasteiger partial charge in [-0.3, -0.25) is 4.79 Å². The third-order valence-corrected chi connectivity index (χ3v) is 4.76. The molecule has 0 spiro atoms. The summed E-state index contributed by atoms with van der Waals surface area (Å²) in [5.41, 5.74) is 0.986. The van der Waals surface area contributed by atoms with Gasteiger partial charge in [0.25, 0.3) is 0 Å². The van der Waals surface area contributed by atoms with Gasteiger partial charge < -0.3 is 10.1 Å². The Balaban J connectivity index is 1.73. The molecule has 0 aromatic heterocycles. The van der Waals surface area contributed by atoms with Gasteiger partial charge >= 0.3 is 5.97 Å². The molecule has 4 heteroatoms. The van der Waals surface area contributed by atoms with Crippen LogP contribution in [0.3, 0.4) is 0 Å². The predicted molar refractivity (Wildman–Crippen MR) is 80.0 cm³/mol. The first-order valence-corrected chi connectivity index (χ1v) is 7.76. The SMILES string of the molecule is CCOC(=O)c1ccccc1NC(=O)[C@H]1C[C@H]2CC[C@H]1C2. The van der Waals surface area contributed by atoms with Crippen LogP contribution in [0.25, 0.3) is 0 Å². The molecule has 3 atom stereocenters. The number of nitrogens with one attached hydrogen (secondary N) is 1. The molecule has 0 aliphatic heterocycles. The van der Waals surface area contributed by atoms with E-state index in [0.29, 0.717) is 23.8 Å². The number of carbonyl (C=O) groups excluding carboxylic acids is 2. The molecule has 2 aliphatic carbocycles. The van der Waals surface area contributed by atoms with E-state index >= 15 is 0 Å². The van der Waals surface area contributed by atoms with E-state index in [9.17, 15) is 9.59 Å². The summed E-state index contributed by atoms with van der Waals surface area (Å²) < 4.78 is 5.03. The van der Waals surface area contributed by atoms with Gasteiger partial charge in [0.05, 0.1) is 17.9 Å². The number of benzene rings is 1. The normalized spacial score (nSPS) is 26.6. The van der Waals surface area contributed by atoms with Gasteiger partial charge in [0.15, 0.2) is 0 Å². The van der Waals surface area contributed by atoms with E-state index in [1.165, 1.54) is 19.3 Å². The number of carbonyl (C=O) groups is 2. The van der Waals surface area contributed by atoms with Gasteiger partial charge in [0.1, 0.15) is 0 Å². The van der Waals surface area contributed by atoms with E-state index in [1.54, 1.807) is 25.1 Å². The van der Waals surface area contributed by atoms with E-state index in [1.807, 2.05) is 6.07 Å². The van der Waals surface area contributed by atoms with E-state index < -0.39 is 0 Å². The highest BCUT2D eigenvalue weighted by Crippen LogP contribution is 2.48. The maximum atomic E-state index is 12.5. The number of rotatable bonds is 4. The molecular weight excluding hydrogens is 266 g/mol. The monoisotopic (exact) mass is 287 g/mol. The molecule has 3 rings (SSSR count). The van der Waals surface area contributed by atoms with Gasteiger partial charge in [-0.25, -0.2) is 4.79 Å². The van der Waals surface area contributed by atoms with Crippen LogP contribution >= 0.6 is 0 Å². The van der Waals surface area contributed by atoms with E-state index in [2.05, 4.69) is 5.32 Å². The molecule has 2 bridgehead atoms. The Morgan fingerprint density at radius 2 is 2.05 bits per heavy atom. The summed E-state index contributed by atoms with van der Waals surface area (Å²) >= 11 is 0. The fourth-order valence-corrected chi connectivity index (χ4v) is 3.77. The Morgan fingerprint density at radius 3 is 2.71 bits per heavy atom. The molecule has 1 amide bonds. The molecule has 0 unspecified atom stereocenters. The Bertz CT molecular complexity index is 555. The highest BCUT2D eigenvalue weighted by atomic mass is 16.5. The van der Waals surface area contributed by atoms with Crippen LogP contribution in [-0.2, 0) is 9.53 Å². The summed E-state index contributed by atoms with van der Waals surface area (Å²) in [7, 11) is 0. The standard InChI is InChI=1S/C17H21NO3/c1-2-21-17(20)13-5-3-4-6-15(13)18-16(19)14-10-11-7-8-12(14)9-11/h3-6,11-12,14H,2,7-10H2,1H3,(H,18,19)/t11-,12-,14-/m0/s1. The smallest absolute Gasteiger partial charge is 0.340 e. The second kappa shape index (κ2) is 5.88. The molecule has 0 heterocycles. The minimum Gasteiger partial charge on any atom is -0.462 e. The maximum Gasteiger partial charge on any atom is 0.340 e. The zero-order valence-corrected chi connectivity index (χ0v) is 12.3. The first-order valence-electron chi connectivity index (χ1n) is 7.76. The minimum absolute atomic E-state index is 0.0546. The van der Waals surface area contributed by atoms with Crippen LogP contribution in [0.15, 0.2) is 24.3 Å². The lowest BCUT2D eigenvalue weighted by Gasteiger charge is -2.21. The lowest BCUT2D eigenvalue weighted by Crippen LogP contribution is -2.28. The van der Waals surface area contributed by atoms with Gasteiger partial charge in [-0.15, -0.1) is 0 Å². The van der Waals surface area contributed by atoms with Crippen LogP contribution in [0.2, 0.25) is 0 Å². The third kappa shape index (κ3) is 2.80. The summed E-state index contributed by atoms with van der Waals surface area (Å²) in [5.74, 6) is 1.04. The van der Waals surface area contributed by atoms with Gasteiger partial charge in [0, 0.05) is 5.92 Å². The molecule has 2 saturated carbocycles. The van der Waals surface area contributed by atoms with Gasteiger partial charge in [-0.1, -0.05) is 18.6 Å². The number of para-hydroxylation sites is 1. The molecule has 2 fully saturated rings. The Morgan fingerprint density at radius 1 is 1.24 bits per heavy atom. The molecule has 0 radical (unpaired) electrons. The van der Waals surface area contributed by atoms with Crippen molar-refractivity contribution >= 4 is 17.6 Å². The lowest BCUT2D eigenvalue weighted by molar-refractivity contribution is -0.121. The third-order valence-electron chi connectivity index (χ3n) is 4.76. The highest BCUT2D eigenvalue weighted by Gasteiger charge is 2.43. The topological polar surface area (TPSA) is 55.4 Å². The fraction of sp³-hybridized carbons (Fsp3) is 0.529. The summed E-state index contributed by atoms with van der Waals surface area (Å²) in [6.45, 7) is 2.10. The van der Waals surface area contributed by atoms with Crippen molar-refractivity contribution in [3.05, 3.63) is 29.8 Å². The first kappa shape index (κ1) is 14.1. The van der Waals surface area contributed by atoms with E-state index in [0.717, 1.165) is 12.3 Å². The summed E-state index contributed by atoms with van der Waals surface area (Å²) in [6, 6.07) is 7.05. The van der Waals surface area contributed by atoms with Crippen LogP contribution < -0.4 is 5.32 Å². The van der Waals surface area contributed by atoms with E-state index in [4.69, 9.17) is 4.74 Å². The van der Waals surface area contributed by atoms with Crippen molar-refractivity contribution in [2.24, 2.45) is 17.8 Å². The Kier molecular flexibility index (Phi) is 3.95. The summed E-state index contributed by atoms with van der Waals surface area (Å²) in [6.07, 6.45) is 4.63. The molecule has 21 heavy (non-hydrogen) atoms. The van der Waals surface area contributed by atoms with Crippen molar-refractivity contribution in [3.8, 4) is 0 Å². The van der Waals surface area contributed by atoms with Crippen LogP contribution in [0.1, 0.15) is 43.0 Å². The predicted octanol–water partition coefficient (Wildman–Crippen LogP) is 3.24. The number of hydrogen-bond donors (Lipinski definition) is 1. The van der Waals surface area contributed by atoms with Gasteiger partial charge in [-0.05, 0) is 50.2 Å². The second-order valence-electron chi connectivity index (χ2n) is 6.04. The Labute approximate surface area is 124 Å². The zero-order chi connectivity index (χ0) is 14.8. The zero-order valence-electron chi connectivity index (χ0n) is 12.3. The van der Waals surface area contributed by atoms with Crippen LogP contribution in [0.5, 0.6) is 0 Å². The van der Waals surface area contributed by atoms with Gasteiger partial charge in [-0.2, -0.15) is 0 Å². The molecule has 0 saturated heterocycles. The lowest BCUT2D eigenvalue weighted by atomic mass is 9.88. The molecular formula is C17H21NO3. The fourth-order valence-electron chi connectivity index (χ4n) is 3.77. The average molecular weight is 287 g/mol. The molecule has 1 N–H and O–H groups in total. The quantitative estimate of drug-likeness (QED) is 0.865. The number of ether oxygens (including phenoxy) is 1. The van der Waals surface area contributed by atoms with Crippen molar-refractivity contribution in [1.82, 2.24) is 0 Å². The van der Waals surface area contributed by atoms with Crippen molar-refractivity contribution in [2.75, 3.05) is 11.9 Å². The summed E-state index contributed by atoms with van der Waals surface area (Å²) in [4.78, 5) is 24.4. The number of hydrogen-bond acceptors (Lipinski definition) is 3. The highest BCUT2D eigenvalue weighted by molar-refractivity contribution is 6.02. The number of anilines is 1. The molecule has 112 valence electrons. The van der Waals surface area contributed by atoms with E-state index in [-0.39, 0.29) is 17.8 Å². The van der Waals surface area contributed by atoms with Crippen LogP contribution in [-0.4, -0.2) is 18.5 Å². The Hall–Kier alpha value is -1.84. The largest absolute Gasteiger partial charge is 0.462 e. The van der Waals surface area contributed by atoms with Crippen molar-refractivity contribution in [1.29, 1.82) is 0 Å². The molecule has 1 aromatic carbocycles. The second-order valence-corrected chi connectivity index (χ2v) is 6.04.